The van der Waals surface area contributed by atoms with Gasteiger partial charge < -0.3 is 19.6 Å². The Morgan fingerprint density at radius 1 is 0.857 bits per heavy atom. The normalized spacial score (nSPS) is 16.2. The van der Waals surface area contributed by atoms with Gasteiger partial charge in [0, 0.05) is 35.3 Å². The van der Waals surface area contributed by atoms with E-state index < -0.39 is 11.0 Å². The van der Waals surface area contributed by atoms with Crippen molar-refractivity contribution in [2.75, 3.05) is 13.2 Å². The molecule has 6 aromatic rings. The van der Waals surface area contributed by atoms with Crippen LogP contribution in [0.4, 0.5) is 0 Å². The summed E-state index contributed by atoms with van der Waals surface area (Å²) in [6, 6.07) is 40.1. The van der Waals surface area contributed by atoms with Gasteiger partial charge in [-0.1, -0.05) is 116 Å². The number of nitrogens with one attached hydrogen (secondary N) is 1. The number of hydrogen-bond donors (Lipinski definition) is 2. The number of para-hydroxylation sites is 1. The molecule has 2 atom stereocenters. The minimum atomic E-state index is -0.736. The monoisotopic (exact) mass is 650 g/mol. The molecular formula is C43H46N4O2. The van der Waals surface area contributed by atoms with Gasteiger partial charge in [-0.3, -0.25) is 4.79 Å². The number of aromatic amines is 1. The molecule has 0 radical (unpaired) electrons. The summed E-state index contributed by atoms with van der Waals surface area (Å²) in [6.45, 7) is 7.09. The third kappa shape index (κ3) is 5.78. The molecule has 1 saturated heterocycles. The van der Waals surface area contributed by atoms with Crippen molar-refractivity contribution in [3.05, 3.63) is 161 Å². The summed E-state index contributed by atoms with van der Waals surface area (Å²) in [6.07, 6.45) is 5.60. The maximum absolute atomic E-state index is 14.7. The van der Waals surface area contributed by atoms with E-state index in [-0.39, 0.29) is 18.6 Å². The molecule has 1 aliphatic heterocycles. The Bertz CT molecular complexity index is 1940. The van der Waals surface area contributed by atoms with Crippen LogP contribution in [0.5, 0.6) is 0 Å². The maximum atomic E-state index is 14.7. The van der Waals surface area contributed by atoms with Crippen molar-refractivity contribution in [3.63, 3.8) is 0 Å². The standard InChI is InChI=1S/C43H46N4O2/c1-31-37-23-13-14-24-39(37)45-38(31)25-26-42(3,41(49)46-27-15-22-36(46)29-48)28-40-32(2)47(30-44-40)43(33-16-7-4-8-17-33,34-18-9-5-10-19-34)35-20-11-6-12-21-35/h4-14,16-21,23-24,30,36,45,48H,15,22,25-29H2,1-3H3/t36-,42+/m0/s1. The highest BCUT2D eigenvalue weighted by Gasteiger charge is 2.44. The van der Waals surface area contributed by atoms with Crippen LogP contribution in [-0.4, -0.2) is 49.6 Å². The van der Waals surface area contributed by atoms with E-state index in [2.05, 4.69) is 146 Å². The van der Waals surface area contributed by atoms with Gasteiger partial charge in [0.05, 0.1) is 30.1 Å². The van der Waals surface area contributed by atoms with Crippen LogP contribution < -0.4 is 0 Å². The van der Waals surface area contributed by atoms with Crippen LogP contribution in [0.25, 0.3) is 10.9 Å². The summed E-state index contributed by atoms with van der Waals surface area (Å²) in [5.41, 5.74) is 7.45. The lowest BCUT2D eigenvalue weighted by Crippen LogP contribution is -2.47. The molecule has 250 valence electrons. The lowest BCUT2D eigenvalue weighted by atomic mass is 9.76. The topological polar surface area (TPSA) is 74.2 Å². The van der Waals surface area contributed by atoms with Gasteiger partial charge in [-0.05, 0) is 67.9 Å². The molecule has 4 aromatic carbocycles. The first-order valence-electron chi connectivity index (χ1n) is 17.5. The predicted molar refractivity (Wildman–Crippen MR) is 197 cm³/mol. The lowest BCUT2D eigenvalue weighted by Gasteiger charge is -2.38. The Hall–Kier alpha value is -4.94. The minimum absolute atomic E-state index is 0.00958. The Kier molecular flexibility index (Phi) is 9.00. The van der Waals surface area contributed by atoms with Crippen LogP contribution in [0.3, 0.4) is 0 Å². The number of benzene rings is 4. The number of carbonyl (C=O) groups is 1. The summed E-state index contributed by atoms with van der Waals surface area (Å²) < 4.78 is 2.31. The van der Waals surface area contributed by atoms with Crippen molar-refractivity contribution in [2.45, 2.75) is 64.5 Å². The lowest BCUT2D eigenvalue weighted by molar-refractivity contribution is -0.143. The molecule has 0 spiro atoms. The molecule has 49 heavy (non-hydrogen) atoms. The van der Waals surface area contributed by atoms with Gasteiger partial charge in [-0.25, -0.2) is 4.98 Å². The highest BCUT2D eigenvalue weighted by Crippen LogP contribution is 2.43. The summed E-state index contributed by atoms with van der Waals surface area (Å²) in [5, 5.41) is 11.4. The van der Waals surface area contributed by atoms with Gasteiger partial charge in [0.15, 0.2) is 0 Å². The van der Waals surface area contributed by atoms with Gasteiger partial charge in [0.1, 0.15) is 5.54 Å². The zero-order chi connectivity index (χ0) is 34.0. The summed E-state index contributed by atoms with van der Waals surface area (Å²) in [4.78, 5) is 25.4. The molecular weight excluding hydrogens is 604 g/mol. The fourth-order valence-electron chi connectivity index (χ4n) is 8.18. The first kappa shape index (κ1) is 32.6. The molecule has 0 saturated carbocycles. The smallest absolute Gasteiger partial charge is 0.229 e. The van der Waals surface area contributed by atoms with Crippen LogP contribution in [0.15, 0.2) is 122 Å². The number of fused-ring (bicyclic) bond motifs is 1. The number of hydrogen-bond acceptors (Lipinski definition) is 3. The van der Waals surface area contributed by atoms with E-state index in [0.717, 1.165) is 52.9 Å². The molecule has 3 heterocycles. The predicted octanol–water partition coefficient (Wildman–Crippen LogP) is 7.99. The number of likely N-dealkylation sites (tertiary alicyclic amines) is 1. The number of nitrogens with zero attached hydrogens (tertiary/aromatic N) is 3. The second-order valence-electron chi connectivity index (χ2n) is 13.9. The Morgan fingerprint density at radius 3 is 2.00 bits per heavy atom. The number of aliphatic hydroxyl groups is 1. The minimum Gasteiger partial charge on any atom is -0.394 e. The number of H-pyrrole nitrogens is 1. The van der Waals surface area contributed by atoms with E-state index in [1.165, 1.54) is 16.6 Å². The third-order valence-corrected chi connectivity index (χ3v) is 11.0. The SMILES string of the molecule is Cc1c(CC[C@](C)(Cc2ncn(C(c3ccccc3)(c3ccccc3)c3ccccc3)c2C)C(=O)N2CCC[C@H]2CO)[nH]c2ccccc12. The molecule has 6 heteroatoms. The second-order valence-corrected chi connectivity index (χ2v) is 13.9. The molecule has 7 rings (SSSR count). The number of aromatic nitrogens is 3. The van der Waals surface area contributed by atoms with Crippen LogP contribution in [-0.2, 0) is 23.2 Å². The fraction of sp³-hybridized carbons (Fsp3) is 0.302. The van der Waals surface area contributed by atoms with Crippen LogP contribution in [0.1, 0.15) is 65.5 Å². The average Bonchev–Trinajstić information content (AvgIpc) is 3.86. The Labute approximate surface area is 289 Å². The number of carbonyl (C=O) groups excluding carboxylic acids is 1. The zero-order valence-electron chi connectivity index (χ0n) is 28.8. The maximum Gasteiger partial charge on any atom is 0.229 e. The fourth-order valence-corrected chi connectivity index (χ4v) is 8.18. The van der Waals surface area contributed by atoms with E-state index in [0.29, 0.717) is 19.4 Å². The third-order valence-electron chi connectivity index (χ3n) is 11.0. The van der Waals surface area contributed by atoms with Crippen LogP contribution >= 0.6 is 0 Å². The molecule has 1 aliphatic rings. The second kappa shape index (κ2) is 13.5. The highest BCUT2D eigenvalue weighted by atomic mass is 16.3. The van der Waals surface area contributed by atoms with E-state index in [1.54, 1.807) is 0 Å². The molecule has 0 unspecified atom stereocenters. The molecule has 0 bridgehead atoms. The molecule has 6 nitrogen and oxygen atoms in total. The average molecular weight is 651 g/mol. The van der Waals surface area contributed by atoms with Crippen molar-refractivity contribution < 1.29 is 9.90 Å². The number of aliphatic hydroxyl groups excluding tert-OH is 1. The Balaban J connectivity index is 1.33. The largest absolute Gasteiger partial charge is 0.394 e. The molecule has 0 aliphatic carbocycles. The number of imidazole rings is 1. The van der Waals surface area contributed by atoms with Crippen molar-refractivity contribution in [1.29, 1.82) is 0 Å². The van der Waals surface area contributed by atoms with Gasteiger partial charge in [0.25, 0.3) is 0 Å². The van der Waals surface area contributed by atoms with Crippen molar-refractivity contribution >= 4 is 16.8 Å². The van der Waals surface area contributed by atoms with E-state index in [1.807, 2.05) is 11.2 Å². The van der Waals surface area contributed by atoms with Gasteiger partial charge in [0.2, 0.25) is 5.91 Å². The number of aryl methyl sites for hydroxylation is 2. The van der Waals surface area contributed by atoms with Gasteiger partial charge >= 0.3 is 0 Å². The van der Waals surface area contributed by atoms with E-state index >= 15 is 0 Å². The van der Waals surface area contributed by atoms with Crippen molar-refractivity contribution in [1.82, 2.24) is 19.4 Å². The van der Waals surface area contributed by atoms with Crippen molar-refractivity contribution in [2.24, 2.45) is 5.41 Å². The molecule has 1 fully saturated rings. The quantitative estimate of drug-likeness (QED) is 0.140. The molecule has 2 aromatic heterocycles. The van der Waals surface area contributed by atoms with Crippen LogP contribution in [0.2, 0.25) is 0 Å². The summed E-state index contributed by atoms with van der Waals surface area (Å²) >= 11 is 0. The first-order valence-corrected chi connectivity index (χ1v) is 17.5. The summed E-state index contributed by atoms with van der Waals surface area (Å²) in [7, 11) is 0. The number of amides is 1. The van der Waals surface area contributed by atoms with E-state index in [9.17, 15) is 9.90 Å². The first-order chi connectivity index (χ1) is 23.9. The molecule has 1 amide bonds. The highest BCUT2D eigenvalue weighted by molar-refractivity contribution is 5.85. The Morgan fingerprint density at radius 2 is 1.43 bits per heavy atom. The van der Waals surface area contributed by atoms with Crippen molar-refractivity contribution in [3.8, 4) is 0 Å². The van der Waals surface area contributed by atoms with Gasteiger partial charge in [-0.15, -0.1) is 0 Å². The molecule has 2 N–H and O–H groups in total. The zero-order valence-corrected chi connectivity index (χ0v) is 28.8. The van der Waals surface area contributed by atoms with E-state index in [4.69, 9.17) is 4.98 Å². The summed E-state index contributed by atoms with van der Waals surface area (Å²) in [5.74, 6) is 0.104. The van der Waals surface area contributed by atoms with Gasteiger partial charge in [-0.2, -0.15) is 0 Å². The van der Waals surface area contributed by atoms with Crippen LogP contribution in [0, 0.1) is 19.3 Å². The number of rotatable bonds is 11.